The van der Waals surface area contributed by atoms with E-state index in [1.807, 2.05) is 13.8 Å². The molecule has 8 heteroatoms. The molecular formula is C18H23F3N2O3. The van der Waals surface area contributed by atoms with Gasteiger partial charge in [-0.1, -0.05) is 32.0 Å². The second-order valence-corrected chi connectivity index (χ2v) is 6.67. The third-order valence-corrected chi connectivity index (χ3v) is 4.10. The van der Waals surface area contributed by atoms with Crippen molar-refractivity contribution in [2.24, 2.45) is 5.92 Å². The molecule has 0 atom stereocenters. The van der Waals surface area contributed by atoms with Crippen LogP contribution in [0.4, 0.5) is 18.0 Å². The molecule has 0 spiro atoms. The molecule has 1 aromatic carbocycles. The summed E-state index contributed by atoms with van der Waals surface area (Å²) < 4.78 is 44.2. The molecule has 1 saturated heterocycles. The van der Waals surface area contributed by atoms with E-state index < -0.39 is 17.8 Å². The number of amides is 2. The number of alkyl halides is 3. The number of hydrogen-bond donors (Lipinski definition) is 0. The lowest BCUT2D eigenvalue weighted by Crippen LogP contribution is -2.51. The fourth-order valence-electron chi connectivity index (χ4n) is 2.69. The van der Waals surface area contributed by atoms with Crippen LogP contribution in [0, 0.1) is 5.92 Å². The van der Waals surface area contributed by atoms with Gasteiger partial charge in [0.1, 0.15) is 0 Å². The van der Waals surface area contributed by atoms with Crippen LogP contribution in [-0.2, 0) is 22.1 Å². The highest BCUT2D eigenvalue weighted by Gasteiger charge is 2.34. The van der Waals surface area contributed by atoms with E-state index in [2.05, 4.69) is 0 Å². The number of carbonyl (C=O) groups excluding carboxylic acids is 2. The van der Waals surface area contributed by atoms with Crippen LogP contribution < -0.4 is 0 Å². The largest absolute Gasteiger partial charge is 0.449 e. The monoisotopic (exact) mass is 372 g/mol. The van der Waals surface area contributed by atoms with Gasteiger partial charge in [0.25, 0.3) is 0 Å². The molecule has 0 bridgehead atoms. The Morgan fingerprint density at radius 3 is 2.23 bits per heavy atom. The maximum Gasteiger partial charge on any atom is 0.416 e. The summed E-state index contributed by atoms with van der Waals surface area (Å²) in [6.45, 7) is 5.37. The first kappa shape index (κ1) is 20.1. The molecule has 2 rings (SSSR count). The van der Waals surface area contributed by atoms with Gasteiger partial charge in [-0.25, -0.2) is 4.79 Å². The molecule has 1 fully saturated rings. The van der Waals surface area contributed by atoms with Crippen molar-refractivity contribution in [3.8, 4) is 0 Å². The number of piperazine rings is 1. The summed E-state index contributed by atoms with van der Waals surface area (Å²) in [5.41, 5.74) is -0.826. The molecular weight excluding hydrogens is 349 g/mol. The van der Waals surface area contributed by atoms with Gasteiger partial charge in [-0.15, -0.1) is 0 Å². The van der Waals surface area contributed by atoms with Crippen LogP contribution in [0.3, 0.4) is 0 Å². The van der Waals surface area contributed by atoms with Gasteiger partial charge in [-0.05, 0) is 17.5 Å². The van der Waals surface area contributed by atoms with Gasteiger partial charge in [0, 0.05) is 26.2 Å². The summed E-state index contributed by atoms with van der Waals surface area (Å²) >= 11 is 0. The van der Waals surface area contributed by atoms with E-state index in [0.29, 0.717) is 19.7 Å². The number of halogens is 3. The van der Waals surface area contributed by atoms with Crippen LogP contribution in [0.25, 0.3) is 0 Å². The van der Waals surface area contributed by atoms with Crippen LogP contribution in [0.5, 0.6) is 0 Å². The summed E-state index contributed by atoms with van der Waals surface area (Å²) in [5.74, 6) is -0.146. The van der Waals surface area contributed by atoms with Crippen molar-refractivity contribution in [1.29, 1.82) is 0 Å². The van der Waals surface area contributed by atoms with Crippen LogP contribution in [-0.4, -0.2) is 54.6 Å². The molecule has 2 amide bonds. The average molecular weight is 372 g/mol. The van der Waals surface area contributed by atoms with Crippen molar-refractivity contribution in [2.75, 3.05) is 32.8 Å². The maximum atomic E-state index is 13.0. The topological polar surface area (TPSA) is 49.9 Å². The molecule has 1 aliphatic heterocycles. The molecule has 144 valence electrons. The first-order chi connectivity index (χ1) is 12.2. The number of carbonyl (C=O) groups is 2. The van der Waals surface area contributed by atoms with Gasteiger partial charge in [-0.2, -0.15) is 13.2 Å². The minimum absolute atomic E-state index is 0.0382. The SMILES string of the molecule is CC(C)COC(=O)N1CCN(C(=O)Cc2ccccc2C(F)(F)F)CC1. The zero-order valence-corrected chi connectivity index (χ0v) is 14.9. The Morgan fingerprint density at radius 2 is 1.65 bits per heavy atom. The standard InChI is InChI=1S/C18H23F3N2O3/c1-13(2)12-26-17(25)23-9-7-22(8-10-23)16(24)11-14-5-3-4-6-15(14)18(19,20)21/h3-6,13H,7-12H2,1-2H3. The van der Waals surface area contributed by atoms with E-state index in [-0.39, 0.29) is 36.9 Å². The van der Waals surface area contributed by atoms with Crippen molar-refractivity contribution in [1.82, 2.24) is 9.80 Å². The molecule has 1 aliphatic rings. The van der Waals surface area contributed by atoms with E-state index in [0.717, 1.165) is 6.07 Å². The number of nitrogens with zero attached hydrogens (tertiary/aromatic N) is 2. The van der Waals surface area contributed by atoms with Gasteiger partial charge < -0.3 is 14.5 Å². The molecule has 0 radical (unpaired) electrons. The lowest BCUT2D eigenvalue weighted by molar-refractivity contribution is -0.138. The molecule has 0 saturated carbocycles. The molecule has 1 aromatic rings. The highest BCUT2D eigenvalue weighted by Crippen LogP contribution is 2.32. The van der Waals surface area contributed by atoms with E-state index in [1.54, 1.807) is 0 Å². The number of ether oxygens (including phenoxy) is 1. The summed E-state index contributed by atoms with van der Waals surface area (Å²) in [7, 11) is 0. The molecule has 26 heavy (non-hydrogen) atoms. The normalized spacial score (nSPS) is 15.3. The second-order valence-electron chi connectivity index (χ2n) is 6.67. The van der Waals surface area contributed by atoms with E-state index in [9.17, 15) is 22.8 Å². The third kappa shape index (κ3) is 5.37. The number of hydrogen-bond acceptors (Lipinski definition) is 3. The quantitative estimate of drug-likeness (QED) is 0.816. The molecule has 5 nitrogen and oxygen atoms in total. The lowest BCUT2D eigenvalue weighted by Gasteiger charge is -2.34. The van der Waals surface area contributed by atoms with Gasteiger partial charge >= 0.3 is 12.3 Å². The predicted molar refractivity (Wildman–Crippen MR) is 89.5 cm³/mol. The minimum Gasteiger partial charge on any atom is -0.449 e. The van der Waals surface area contributed by atoms with Crippen molar-refractivity contribution >= 4 is 12.0 Å². The highest BCUT2D eigenvalue weighted by atomic mass is 19.4. The van der Waals surface area contributed by atoms with Crippen molar-refractivity contribution in [3.63, 3.8) is 0 Å². The van der Waals surface area contributed by atoms with E-state index in [1.165, 1.54) is 28.0 Å². The molecule has 0 aliphatic carbocycles. The summed E-state index contributed by atoms with van der Waals surface area (Å²) in [6.07, 6.45) is -5.23. The van der Waals surface area contributed by atoms with Crippen LogP contribution in [0.2, 0.25) is 0 Å². The Bertz CT molecular complexity index is 639. The third-order valence-electron chi connectivity index (χ3n) is 4.10. The maximum absolute atomic E-state index is 13.0. The second kappa shape index (κ2) is 8.42. The number of rotatable bonds is 4. The highest BCUT2D eigenvalue weighted by molar-refractivity contribution is 5.79. The molecule has 0 aromatic heterocycles. The minimum atomic E-state index is -4.49. The van der Waals surface area contributed by atoms with Gasteiger partial charge in [0.05, 0.1) is 18.6 Å². The van der Waals surface area contributed by atoms with Gasteiger partial charge in [0.2, 0.25) is 5.91 Å². The Morgan fingerprint density at radius 1 is 1.08 bits per heavy atom. The Labute approximate surface area is 150 Å². The molecule has 1 heterocycles. The smallest absolute Gasteiger partial charge is 0.416 e. The first-order valence-electron chi connectivity index (χ1n) is 8.53. The Balaban J connectivity index is 1.91. The van der Waals surface area contributed by atoms with Gasteiger partial charge in [-0.3, -0.25) is 4.79 Å². The lowest BCUT2D eigenvalue weighted by atomic mass is 10.0. The van der Waals surface area contributed by atoms with Crippen LogP contribution in [0.15, 0.2) is 24.3 Å². The van der Waals surface area contributed by atoms with Gasteiger partial charge in [0.15, 0.2) is 0 Å². The predicted octanol–water partition coefficient (Wildman–Crippen LogP) is 3.18. The first-order valence-corrected chi connectivity index (χ1v) is 8.53. The van der Waals surface area contributed by atoms with Crippen LogP contribution >= 0.6 is 0 Å². The summed E-state index contributed by atoms with van der Waals surface area (Å²) in [4.78, 5) is 27.3. The average Bonchev–Trinajstić information content (AvgIpc) is 2.59. The fraction of sp³-hybridized carbons (Fsp3) is 0.556. The number of benzene rings is 1. The fourth-order valence-corrected chi connectivity index (χ4v) is 2.69. The summed E-state index contributed by atoms with van der Waals surface area (Å²) in [5, 5.41) is 0. The van der Waals surface area contributed by atoms with Crippen LogP contribution in [0.1, 0.15) is 25.0 Å². The molecule has 0 N–H and O–H groups in total. The zero-order valence-electron chi connectivity index (χ0n) is 14.9. The van der Waals surface area contributed by atoms with Crippen molar-refractivity contribution in [2.45, 2.75) is 26.4 Å². The van der Waals surface area contributed by atoms with E-state index >= 15 is 0 Å². The zero-order chi connectivity index (χ0) is 19.3. The summed E-state index contributed by atoms with van der Waals surface area (Å²) in [6, 6.07) is 5.09. The molecule has 0 unspecified atom stereocenters. The Hall–Kier alpha value is -2.25. The van der Waals surface area contributed by atoms with Crippen molar-refractivity contribution < 1.29 is 27.5 Å². The van der Waals surface area contributed by atoms with Crippen molar-refractivity contribution in [3.05, 3.63) is 35.4 Å². The van der Waals surface area contributed by atoms with E-state index in [4.69, 9.17) is 4.74 Å². The Kier molecular flexibility index (Phi) is 6.50.